The smallest absolute Gasteiger partial charge is 0.346 e. The number of carboxylic acids is 1. The van der Waals surface area contributed by atoms with Crippen LogP contribution in [0, 0.1) is 6.92 Å². The highest BCUT2D eigenvalue weighted by Crippen LogP contribution is 2.34. The van der Waals surface area contributed by atoms with Crippen LogP contribution >= 0.6 is 11.3 Å². The molecule has 0 fully saturated rings. The fourth-order valence-electron chi connectivity index (χ4n) is 2.30. The van der Waals surface area contributed by atoms with Crippen LogP contribution in [0.25, 0.3) is 0 Å². The van der Waals surface area contributed by atoms with Gasteiger partial charge in [0.05, 0.1) is 5.56 Å². The third-order valence-corrected chi connectivity index (χ3v) is 4.72. The Balaban J connectivity index is 2.70. The third kappa shape index (κ3) is 7.31. The molecule has 0 radical (unpaired) electrons. The van der Waals surface area contributed by atoms with Crippen molar-refractivity contribution in [3.63, 3.8) is 0 Å². The van der Waals surface area contributed by atoms with E-state index in [1.165, 1.54) is 19.3 Å². The number of ether oxygens (including phenoxy) is 1. The number of hydrogen-bond acceptors (Lipinski definition) is 7. The molecule has 0 unspecified atom stereocenters. The average molecular weight is 387 g/mol. The maximum atomic E-state index is 12.4. The molecule has 8 heteroatoms. The predicted molar refractivity (Wildman–Crippen MR) is 103 cm³/mol. The quantitative estimate of drug-likeness (QED) is 0.292. The molecule has 1 heterocycles. The van der Waals surface area contributed by atoms with Gasteiger partial charge in [0.2, 0.25) is 0 Å². The first kappa shape index (κ1) is 22.4. The molecular weight excluding hydrogens is 356 g/mol. The van der Waals surface area contributed by atoms with E-state index in [2.05, 4.69) is 17.9 Å². The van der Waals surface area contributed by atoms with E-state index >= 15 is 0 Å². The molecule has 0 aliphatic carbocycles. The van der Waals surface area contributed by atoms with Crippen molar-refractivity contribution >= 4 is 28.3 Å². The van der Waals surface area contributed by atoms with Gasteiger partial charge in [-0.15, -0.1) is 11.3 Å². The second-order valence-electron chi connectivity index (χ2n) is 7.08. The lowest BCUT2D eigenvalue weighted by molar-refractivity contribution is 0.00682. The first-order valence-electron chi connectivity index (χ1n) is 8.92. The van der Waals surface area contributed by atoms with Crippen molar-refractivity contribution in [1.29, 1.82) is 0 Å². The van der Waals surface area contributed by atoms with Crippen LogP contribution in [0.5, 0.6) is 0 Å². The van der Waals surface area contributed by atoms with Crippen LogP contribution in [0.1, 0.15) is 85.4 Å². The first-order valence-corrected chi connectivity index (χ1v) is 9.73. The average Bonchev–Trinajstić information content (AvgIpc) is 2.85. The summed E-state index contributed by atoms with van der Waals surface area (Å²) in [6.45, 7) is 9.69. The molecule has 0 saturated heterocycles. The molecule has 1 aromatic rings. The maximum Gasteiger partial charge on any atom is 0.346 e. The molecule has 7 nitrogen and oxygen atoms in total. The molecule has 1 rings (SSSR count). The summed E-state index contributed by atoms with van der Waals surface area (Å²) >= 11 is 0.947. The van der Waals surface area contributed by atoms with Gasteiger partial charge in [0.15, 0.2) is 0 Å². The third-order valence-electron chi connectivity index (χ3n) is 3.54. The van der Waals surface area contributed by atoms with Crippen LogP contribution in [0.15, 0.2) is 0 Å². The number of thiophene rings is 1. The normalized spacial score (nSPS) is 11.4. The van der Waals surface area contributed by atoms with Crippen LogP contribution in [0.3, 0.4) is 0 Å². The monoisotopic (exact) mass is 386 g/mol. The number of nitrogens with one attached hydrogen (secondary N) is 2. The largest absolute Gasteiger partial charge is 0.477 e. The van der Waals surface area contributed by atoms with Crippen LogP contribution in [-0.2, 0) is 9.68 Å². The second-order valence-corrected chi connectivity index (χ2v) is 8.10. The van der Waals surface area contributed by atoms with Crippen molar-refractivity contribution in [3.05, 3.63) is 16.0 Å². The van der Waals surface area contributed by atoms with Gasteiger partial charge in [-0.2, -0.15) is 10.4 Å². The van der Waals surface area contributed by atoms with Crippen molar-refractivity contribution in [1.82, 2.24) is 5.48 Å². The molecule has 0 aromatic carbocycles. The number of hydrogen-bond donors (Lipinski definition) is 3. The van der Waals surface area contributed by atoms with Crippen LogP contribution in [0.2, 0.25) is 0 Å². The summed E-state index contributed by atoms with van der Waals surface area (Å²) in [5.74, 6) is -1.67. The van der Waals surface area contributed by atoms with Gasteiger partial charge in [0.25, 0.3) is 0 Å². The van der Waals surface area contributed by atoms with Gasteiger partial charge in [0.1, 0.15) is 15.5 Å². The van der Waals surface area contributed by atoms with E-state index in [0.29, 0.717) is 17.1 Å². The molecule has 0 bridgehead atoms. The summed E-state index contributed by atoms with van der Waals surface area (Å²) < 4.78 is 5.38. The molecule has 0 amide bonds. The molecule has 0 aliphatic rings. The van der Waals surface area contributed by atoms with E-state index in [0.717, 1.165) is 24.2 Å². The Morgan fingerprint density at radius 1 is 1.15 bits per heavy atom. The van der Waals surface area contributed by atoms with Crippen LogP contribution in [0.4, 0.5) is 5.00 Å². The number of aromatic carboxylic acids is 1. The van der Waals surface area contributed by atoms with Crippen molar-refractivity contribution < 1.29 is 24.4 Å². The predicted octanol–water partition coefficient (Wildman–Crippen LogP) is 4.53. The van der Waals surface area contributed by atoms with Gasteiger partial charge in [-0.1, -0.05) is 32.6 Å². The molecule has 1 aromatic heterocycles. The van der Waals surface area contributed by atoms with E-state index < -0.39 is 17.5 Å². The Kier molecular flexibility index (Phi) is 9.04. The van der Waals surface area contributed by atoms with E-state index in [1.807, 2.05) is 0 Å². The SMILES string of the molecule is CCCCCCCNONc1sc(C(=O)O)c(C)c1C(=O)OC(C)(C)C. The van der Waals surface area contributed by atoms with Gasteiger partial charge < -0.3 is 9.84 Å². The van der Waals surface area contributed by atoms with E-state index in [-0.39, 0.29) is 10.4 Å². The minimum absolute atomic E-state index is 0.0801. The Morgan fingerprint density at radius 2 is 1.81 bits per heavy atom. The van der Waals surface area contributed by atoms with Gasteiger partial charge in [-0.3, -0.25) is 0 Å². The fraction of sp³-hybridized carbons (Fsp3) is 0.667. The zero-order valence-corrected chi connectivity index (χ0v) is 17.0. The van der Waals surface area contributed by atoms with Crippen molar-refractivity contribution in [3.8, 4) is 0 Å². The number of anilines is 1. The van der Waals surface area contributed by atoms with Gasteiger partial charge >= 0.3 is 11.9 Å². The van der Waals surface area contributed by atoms with Crippen molar-refractivity contribution in [2.75, 3.05) is 12.0 Å². The summed E-state index contributed by atoms with van der Waals surface area (Å²) in [5, 5.41) is 9.62. The van der Waals surface area contributed by atoms with Gasteiger partial charge in [0, 0.05) is 6.54 Å². The van der Waals surface area contributed by atoms with Gasteiger partial charge in [-0.25, -0.2) is 15.1 Å². The molecule has 3 N–H and O–H groups in total. The van der Waals surface area contributed by atoms with Crippen LogP contribution < -0.4 is 11.0 Å². The Hall–Kier alpha value is -1.64. The Bertz CT molecular complexity index is 607. The molecule has 0 saturated carbocycles. The van der Waals surface area contributed by atoms with E-state index in [4.69, 9.17) is 9.68 Å². The van der Waals surface area contributed by atoms with E-state index in [1.54, 1.807) is 27.7 Å². The fourth-order valence-corrected chi connectivity index (χ4v) is 3.27. The molecule has 0 atom stereocenters. The molecule has 26 heavy (non-hydrogen) atoms. The lowest BCUT2D eigenvalue weighted by Gasteiger charge is -2.20. The minimum Gasteiger partial charge on any atom is -0.477 e. The van der Waals surface area contributed by atoms with Crippen molar-refractivity contribution in [2.24, 2.45) is 0 Å². The zero-order chi connectivity index (χ0) is 19.7. The maximum absolute atomic E-state index is 12.4. The number of unbranched alkanes of at least 4 members (excludes halogenated alkanes) is 4. The molecule has 148 valence electrons. The lowest BCUT2D eigenvalue weighted by atomic mass is 10.1. The first-order chi connectivity index (χ1) is 12.2. The summed E-state index contributed by atoms with van der Waals surface area (Å²) in [4.78, 5) is 29.1. The van der Waals surface area contributed by atoms with E-state index in [9.17, 15) is 14.7 Å². The molecule has 0 spiro atoms. The Morgan fingerprint density at radius 3 is 2.38 bits per heavy atom. The summed E-state index contributed by atoms with van der Waals surface area (Å²) in [5.41, 5.74) is 5.29. The topological polar surface area (TPSA) is 96.9 Å². The lowest BCUT2D eigenvalue weighted by Crippen LogP contribution is -2.25. The zero-order valence-electron chi connectivity index (χ0n) is 16.2. The number of esters is 1. The summed E-state index contributed by atoms with van der Waals surface area (Å²) in [6.07, 6.45) is 5.72. The van der Waals surface area contributed by atoms with Crippen LogP contribution in [-0.4, -0.2) is 29.2 Å². The number of rotatable bonds is 11. The second kappa shape index (κ2) is 10.5. The van der Waals surface area contributed by atoms with Gasteiger partial charge in [-0.05, 0) is 39.7 Å². The Labute approximate surface area is 159 Å². The number of carbonyl (C=O) groups is 2. The summed E-state index contributed by atoms with van der Waals surface area (Å²) in [6, 6.07) is 0. The standard InChI is InChI=1S/C18H30N2O5S/c1-6-7-8-9-10-11-19-25-20-15-13(17(23)24-18(3,4)5)12(2)14(26-15)16(21)22/h19-20H,6-11H2,1-5H3,(H,21,22). The number of carbonyl (C=O) groups excluding carboxylic acids is 1. The number of hydroxylamine groups is 1. The minimum atomic E-state index is -1.09. The molecule has 0 aliphatic heterocycles. The number of carboxylic acid groups (broad SMARTS) is 1. The highest BCUT2D eigenvalue weighted by molar-refractivity contribution is 7.18. The highest BCUT2D eigenvalue weighted by Gasteiger charge is 2.28. The van der Waals surface area contributed by atoms with Crippen molar-refractivity contribution in [2.45, 2.75) is 72.3 Å². The molecular formula is C18H30N2O5S. The summed E-state index contributed by atoms with van der Waals surface area (Å²) in [7, 11) is 0. The highest BCUT2D eigenvalue weighted by atomic mass is 32.1.